The quantitative estimate of drug-likeness (QED) is 0.815. The monoisotopic (exact) mass is 226 g/mol. The van der Waals surface area contributed by atoms with Gasteiger partial charge >= 0.3 is 5.97 Å². The number of aliphatic carboxylic acids is 1. The molecule has 0 amide bonds. The topological polar surface area (TPSA) is 57.5 Å². The molecule has 0 spiro atoms. The fourth-order valence-electron chi connectivity index (χ4n) is 2.02. The first-order chi connectivity index (χ1) is 7.06. The van der Waals surface area contributed by atoms with Gasteiger partial charge < -0.3 is 10.2 Å². The van der Waals surface area contributed by atoms with Crippen LogP contribution in [0.25, 0.3) is 0 Å². The molecule has 15 heavy (non-hydrogen) atoms. The number of hydrogen-bond donors (Lipinski definition) is 2. The fraction of sp³-hybridized carbons (Fsp3) is 0.364. The van der Waals surface area contributed by atoms with Crippen LogP contribution in [0.15, 0.2) is 18.2 Å². The molecule has 0 aliphatic heterocycles. The first-order valence-electron chi connectivity index (χ1n) is 4.79. The summed E-state index contributed by atoms with van der Waals surface area (Å²) >= 11 is 5.80. The summed E-state index contributed by atoms with van der Waals surface area (Å²) in [5.74, 6) is -0.868. The van der Waals surface area contributed by atoms with E-state index in [1.807, 2.05) is 0 Å². The average molecular weight is 227 g/mol. The third kappa shape index (κ3) is 1.47. The van der Waals surface area contributed by atoms with Crippen LogP contribution in [0.4, 0.5) is 0 Å². The predicted molar refractivity (Wildman–Crippen MR) is 56.3 cm³/mol. The highest BCUT2D eigenvalue weighted by molar-refractivity contribution is 6.30. The van der Waals surface area contributed by atoms with Crippen molar-refractivity contribution < 1.29 is 15.0 Å². The van der Waals surface area contributed by atoms with Gasteiger partial charge in [-0.3, -0.25) is 4.79 Å². The number of phenols is 1. The highest BCUT2D eigenvalue weighted by Crippen LogP contribution is 2.47. The maximum atomic E-state index is 11.2. The van der Waals surface area contributed by atoms with Crippen LogP contribution in [0.1, 0.15) is 24.8 Å². The van der Waals surface area contributed by atoms with E-state index in [4.69, 9.17) is 11.6 Å². The van der Waals surface area contributed by atoms with Crippen molar-refractivity contribution in [1.82, 2.24) is 0 Å². The Kier molecular flexibility index (Phi) is 2.35. The van der Waals surface area contributed by atoms with Crippen molar-refractivity contribution in [3.8, 4) is 5.75 Å². The molecular weight excluding hydrogens is 216 g/mol. The number of rotatable bonds is 2. The second-order valence-corrected chi connectivity index (χ2v) is 4.34. The minimum Gasteiger partial charge on any atom is -0.508 e. The van der Waals surface area contributed by atoms with Crippen molar-refractivity contribution in [2.75, 3.05) is 0 Å². The number of benzene rings is 1. The fourth-order valence-corrected chi connectivity index (χ4v) is 2.19. The van der Waals surface area contributed by atoms with E-state index < -0.39 is 11.4 Å². The normalized spacial score (nSPS) is 18.2. The molecule has 4 heteroatoms. The van der Waals surface area contributed by atoms with Gasteiger partial charge in [0.25, 0.3) is 0 Å². The molecule has 1 aliphatic carbocycles. The summed E-state index contributed by atoms with van der Waals surface area (Å²) in [5, 5.41) is 19.3. The zero-order valence-corrected chi connectivity index (χ0v) is 8.79. The second kappa shape index (κ2) is 3.42. The molecule has 2 rings (SSSR count). The second-order valence-electron chi connectivity index (χ2n) is 3.90. The lowest BCUT2D eigenvalue weighted by atomic mass is 9.64. The maximum absolute atomic E-state index is 11.2. The molecule has 1 aromatic rings. The molecule has 0 unspecified atom stereocenters. The van der Waals surface area contributed by atoms with E-state index in [2.05, 4.69) is 0 Å². The summed E-state index contributed by atoms with van der Waals surface area (Å²) in [4.78, 5) is 11.2. The summed E-state index contributed by atoms with van der Waals surface area (Å²) in [5.41, 5.74) is -0.483. The van der Waals surface area contributed by atoms with E-state index in [-0.39, 0.29) is 5.75 Å². The van der Waals surface area contributed by atoms with Gasteiger partial charge in [0.2, 0.25) is 0 Å². The number of carbonyl (C=O) groups is 1. The van der Waals surface area contributed by atoms with Gasteiger partial charge in [0.1, 0.15) is 5.75 Å². The van der Waals surface area contributed by atoms with Gasteiger partial charge in [-0.25, -0.2) is 0 Å². The van der Waals surface area contributed by atoms with Gasteiger partial charge in [-0.15, -0.1) is 0 Å². The van der Waals surface area contributed by atoms with Crippen molar-refractivity contribution in [3.05, 3.63) is 28.8 Å². The van der Waals surface area contributed by atoms with Crippen LogP contribution in [0.5, 0.6) is 5.75 Å². The zero-order chi connectivity index (χ0) is 11.1. The van der Waals surface area contributed by atoms with E-state index in [9.17, 15) is 15.0 Å². The van der Waals surface area contributed by atoms with Crippen molar-refractivity contribution in [2.24, 2.45) is 0 Å². The van der Waals surface area contributed by atoms with Gasteiger partial charge in [-0.05, 0) is 31.0 Å². The van der Waals surface area contributed by atoms with Crippen molar-refractivity contribution in [2.45, 2.75) is 24.7 Å². The van der Waals surface area contributed by atoms with Crippen molar-refractivity contribution >= 4 is 17.6 Å². The Balaban J connectivity index is 2.51. The number of hydrogen-bond acceptors (Lipinski definition) is 2. The Morgan fingerprint density at radius 2 is 2.07 bits per heavy atom. The first-order valence-corrected chi connectivity index (χ1v) is 5.16. The molecule has 1 fully saturated rings. The number of aromatic hydroxyl groups is 1. The summed E-state index contributed by atoms with van der Waals surface area (Å²) in [6, 6.07) is 4.54. The molecule has 0 heterocycles. The molecule has 0 saturated heterocycles. The molecular formula is C11H11ClO3. The average Bonchev–Trinajstić information content (AvgIpc) is 2.08. The molecule has 1 aliphatic rings. The lowest BCUT2D eigenvalue weighted by molar-refractivity contribution is -0.147. The standard InChI is InChI=1S/C11H11ClO3/c12-7-2-3-9(13)8(6-7)11(10(14)15)4-1-5-11/h2-3,6,13H,1,4-5H2,(H,14,15). The SMILES string of the molecule is O=C(O)C1(c2cc(Cl)ccc2O)CCC1. The highest BCUT2D eigenvalue weighted by Gasteiger charge is 2.47. The lowest BCUT2D eigenvalue weighted by Crippen LogP contribution is -2.42. The van der Waals surface area contributed by atoms with Gasteiger partial charge in [0, 0.05) is 10.6 Å². The summed E-state index contributed by atoms with van der Waals surface area (Å²) < 4.78 is 0. The van der Waals surface area contributed by atoms with E-state index in [0.717, 1.165) is 6.42 Å². The third-order valence-corrected chi connectivity index (χ3v) is 3.33. The minimum absolute atomic E-state index is 0.0153. The van der Waals surface area contributed by atoms with Gasteiger partial charge in [-0.1, -0.05) is 18.0 Å². The van der Waals surface area contributed by atoms with Crippen LogP contribution in [0.3, 0.4) is 0 Å². The molecule has 80 valence electrons. The van der Waals surface area contributed by atoms with Gasteiger partial charge in [0.05, 0.1) is 5.41 Å². The Labute approximate surface area is 92.3 Å². The van der Waals surface area contributed by atoms with E-state index in [1.54, 1.807) is 12.1 Å². The molecule has 0 bridgehead atoms. The Bertz CT molecular complexity index is 410. The Morgan fingerprint density at radius 3 is 2.53 bits per heavy atom. The van der Waals surface area contributed by atoms with Crippen LogP contribution in [0.2, 0.25) is 5.02 Å². The summed E-state index contributed by atoms with van der Waals surface area (Å²) in [6.45, 7) is 0. The van der Waals surface area contributed by atoms with E-state index >= 15 is 0 Å². The molecule has 3 nitrogen and oxygen atoms in total. The van der Waals surface area contributed by atoms with Gasteiger partial charge in [-0.2, -0.15) is 0 Å². The van der Waals surface area contributed by atoms with Crippen LogP contribution in [-0.2, 0) is 10.2 Å². The largest absolute Gasteiger partial charge is 0.508 e. The van der Waals surface area contributed by atoms with Crippen molar-refractivity contribution in [3.63, 3.8) is 0 Å². The molecule has 0 aromatic heterocycles. The number of phenolic OH excluding ortho intramolecular Hbond substituents is 1. The molecule has 0 atom stereocenters. The Morgan fingerprint density at radius 1 is 1.40 bits per heavy atom. The van der Waals surface area contributed by atoms with E-state index in [0.29, 0.717) is 23.4 Å². The Hall–Kier alpha value is -1.22. The van der Waals surface area contributed by atoms with Crippen LogP contribution < -0.4 is 0 Å². The first kappa shape index (κ1) is 10.3. The number of carboxylic acids is 1. The molecule has 2 N–H and O–H groups in total. The number of halogens is 1. The summed E-state index contributed by atoms with van der Waals surface area (Å²) in [6.07, 6.45) is 2.00. The molecule has 1 saturated carbocycles. The molecule has 0 radical (unpaired) electrons. The highest BCUT2D eigenvalue weighted by atomic mass is 35.5. The van der Waals surface area contributed by atoms with Crippen molar-refractivity contribution in [1.29, 1.82) is 0 Å². The van der Waals surface area contributed by atoms with Gasteiger partial charge in [0.15, 0.2) is 0 Å². The zero-order valence-electron chi connectivity index (χ0n) is 8.03. The van der Waals surface area contributed by atoms with Crippen LogP contribution in [0, 0.1) is 0 Å². The van der Waals surface area contributed by atoms with E-state index in [1.165, 1.54) is 6.07 Å². The maximum Gasteiger partial charge on any atom is 0.314 e. The van der Waals surface area contributed by atoms with Crippen LogP contribution >= 0.6 is 11.6 Å². The minimum atomic E-state index is -0.922. The van der Waals surface area contributed by atoms with Crippen LogP contribution in [-0.4, -0.2) is 16.2 Å². The summed E-state index contributed by atoms with van der Waals surface area (Å²) in [7, 11) is 0. The third-order valence-electron chi connectivity index (χ3n) is 3.09. The number of carboxylic acid groups (broad SMARTS) is 1. The molecule has 1 aromatic carbocycles. The predicted octanol–water partition coefficient (Wildman–Crippen LogP) is 2.55. The lowest BCUT2D eigenvalue weighted by Gasteiger charge is -2.38. The smallest absolute Gasteiger partial charge is 0.314 e.